The van der Waals surface area contributed by atoms with Crippen molar-refractivity contribution in [2.24, 2.45) is 17.8 Å². The molecule has 0 heterocycles. The van der Waals surface area contributed by atoms with Crippen molar-refractivity contribution in [2.75, 3.05) is 6.61 Å². The van der Waals surface area contributed by atoms with Gasteiger partial charge in [-0.05, 0) is 51.5 Å². The van der Waals surface area contributed by atoms with Gasteiger partial charge in [0.1, 0.15) is 0 Å². The topological polar surface area (TPSA) is 26.3 Å². The van der Waals surface area contributed by atoms with Gasteiger partial charge in [-0.15, -0.1) is 0 Å². The number of hydrogen-bond acceptors (Lipinski definition) is 2. The molecule has 2 atom stereocenters. The van der Waals surface area contributed by atoms with Gasteiger partial charge in [0.15, 0.2) is 5.78 Å². The summed E-state index contributed by atoms with van der Waals surface area (Å²) in [6.07, 6.45) is 10.8. The predicted octanol–water partition coefficient (Wildman–Crippen LogP) is 4.56. The van der Waals surface area contributed by atoms with Crippen LogP contribution in [0, 0.1) is 17.8 Å². The quantitative estimate of drug-likeness (QED) is 0.708. The number of ether oxygens (including phenoxy) is 1. The average Bonchev–Trinajstić information content (AvgIpc) is 2.33. The second-order valence-corrected chi connectivity index (χ2v) is 7.12. The Hall–Kier alpha value is -0.890. The molecule has 0 fully saturated rings. The third-order valence-corrected chi connectivity index (χ3v) is 3.68. The van der Waals surface area contributed by atoms with Crippen LogP contribution in [-0.4, -0.2) is 18.0 Å². The van der Waals surface area contributed by atoms with Crippen LogP contribution in [-0.2, 0) is 9.53 Å². The van der Waals surface area contributed by atoms with Gasteiger partial charge < -0.3 is 4.74 Å². The highest BCUT2D eigenvalue weighted by molar-refractivity contribution is 5.89. The third-order valence-electron chi connectivity index (χ3n) is 3.68. The molecule has 0 aliphatic heterocycles. The standard InChI is InChI=1S/C18H30O2/c1-14(2)16-10-9-15(13-20-18(3,4)5)7-6-8-17(19)12-11-16/h6,8-10,14-16H,7,11-13H2,1-5H3. The summed E-state index contributed by atoms with van der Waals surface area (Å²) in [6, 6.07) is 0. The molecule has 0 saturated carbocycles. The van der Waals surface area contributed by atoms with E-state index >= 15 is 0 Å². The molecule has 2 unspecified atom stereocenters. The van der Waals surface area contributed by atoms with E-state index in [0.29, 0.717) is 30.8 Å². The first-order valence-electron chi connectivity index (χ1n) is 7.79. The molecule has 1 aliphatic rings. The smallest absolute Gasteiger partial charge is 0.155 e. The Morgan fingerprint density at radius 3 is 2.60 bits per heavy atom. The summed E-state index contributed by atoms with van der Waals surface area (Å²) in [6.45, 7) is 11.4. The summed E-state index contributed by atoms with van der Waals surface area (Å²) < 4.78 is 5.89. The lowest BCUT2D eigenvalue weighted by Gasteiger charge is -2.23. The first-order chi connectivity index (χ1) is 9.28. The first kappa shape index (κ1) is 17.2. The highest BCUT2D eigenvalue weighted by atomic mass is 16.5. The van der Waals surface area contributed by atoms with Crippen molar-refractivity contribution >= 4 is 5.78 Å². The van der Waals surface area contributed by atoms with E-state index in [1.807, 2.05) is 6.08 Å². The maximum Gasteiger partial charge on any atom is 0.155 e. The molecule has 0 amide bonds. The van der Waals surface area contributed by atoms with Gasteiger partial charge in [0.25, 0.3) is 0 Å². The van der Waals surface area contributed by atoms with Crippen LogP contribution >= 0.6 is 0 Å². The SMILES string of the molecule is CC(C)C1C=CC(COC(C)(C)C)CC=CC(=O)CC1. The fraction of sp³-hybridized carbons (Fsp3) is 0.722. The largest absolute Gasteiger partial charge is 0.375 e. The molecular weight excluding hydrogens is 248 g/mol. The normalized spacial score (nSPS) is 25.2. The van der Waals surface area contributed by atoms with Crippen LogP contribution in [0.3, 0.4) is 0 Å². The molecule has 0 spiro atoms. The number of carbonyl (C=O) groups excluding carboxylic acids is 1. The summed E-state index contributed by atoms with van der Waals surface area (Å²) in [5, 5.41) is 0. The molecule has 1 rings (SSSR count). The van der Waals surface area contributed by atoms with Crippen molar-refractivity contribution in [2.45, 2.75) is 59.5 Å². The maximum absolute atomic E-state index is 11.8. The van der Waals surface area contributed by atoms with E-state index < -0.39 is 0 Å². The lowest BCUT2D eigenvalue weighted by molar-refractivity contribution is -0.114. The van der Waals surface area contributed by atoms with Crippen molar-refractivity contribution in [3.63, 3.8) is 0 Å². The molecule has 20 heavy (non-hydrogen) atoms. The minimum absolute atomic E-state index is 0.111. The zero-order valence-corrected chi connectivity index (χ0v) is 13.7. The van der Waals surface area contributed by atoms with Crippen molar-refractivity contribution in [3.05, 3.63) is 24.3 Å². The molecule has 114 valence electrons. The summed E-state index contributed by atoms with van der Waals surface area (Å²) in [4.78, 5) is 11.8. The number of allylic oxidation sites excluding steroid dienone is 3. The molecule has 0 radical (unpaired) electrons. The first-order valence-corrected chi connectivity index (χ1v) is 7.79. The van der Waals surface area contributed by atoms with Crippen molar-refractivity contribution < 1.29 is 9.53 Å². The van der Waals surface area contributed by atoms with Gasteiger partial charge in [0.05, 0.1) is 12.2 Å². The minimum Gasteiger partial charge on any atom is -0.375 e. The summed E-state index contributed by atoms with van der Waals surface area (Å²) in [7, 11) is 0. The van der Waals surface area contributed by atoms with Crippen molar-refractivity contribution in [3.8, 4) is 0 Å². The highest BCUT2D eigenvalue weighted by Gasteiger charge is 2.16. The van der Waals surface area contributed by atoms with E-state index in [4.69, 9.17) is 4.74 Å². The van der Waals surface area contributed by atoms with Crippen molar-refractivity contribution in [1.82, 2.24) is 0 Å². The molecule has 0 aromatic carbocycles. The monoisotopic (exact) mass is 278 g/mol. The summed E-state index contributed by atoms with van der Waals surface area (Å²) in [5.41, 5.74) is -0.111. The Morgan fingerprint density at radius 1 is 1.30 bits per heavy atom. The minimum atomic E-state index is -0.111. The zero-order chi connectivity index (χ0) is 15.2. The maximum atomic E-state index is 11.8. The van der Waals surface area contributed by atoms with Gasteiger partial charge in [-0.1, -0.05) is 32.1 Å². The molecular formula is C18H30O2. The van der Waals surface area contributed by atoms with Crippen molar-refractivity contribution in [1.29, 1.82) is 0 Å². The van der Waals surface area contributed by atoms with Gasteiger partial charge in [-0.2, -0.15) is 0 Å². The molecule has 0 aromatic heterocycles. The lowest BCUT2D eigenvalue weighted by Crippen LogP contribution is -2.23. The van der Waals surface area contributed by atoms with E-state index in [1.165, 1.54) is 0 Å². The molecule has 0 aromatic rings. The molecule has 2 nitrogen and oxygen atoms in total. The fourth-order valence-electron chi connectivity index (χ4n) is 2.28. The van der Waals surface area contributed by atoms with E-state index in [2.05, 4.69) is 46.8 Å². The van der Waals surface area contributed by atoms with Crippen LogP contribution in [0.2, 0.25) is 0 Å². The summed E-state index contributed by atoms with van der Waals surface area (Å²) >= 11 is 0. The number of ketones is 1. The van der Waals surface area contributed by atoms with Crippen LogP contribution in [0.1, 0.15) is 53.9 Å². The molecule has 0 bridgehead atoms. The van der Waals surface area contributed by atoms with Gasteiger partial charge >= 0.3 is 0 Å². The fourth-order valence-corrected chi connectivity index (χ4v) is 2.28. The number of carbonyl (C=O) groups is 1. The Labute approximate surface area is 124 Å². The Balaban J connectivity index is 2.72. The molecule has 0 N–H and O–H groups in total. The van der Waals surface area contributed by atoms with Gasteiger partial charge in [-0.25, -0.2) is 0 Å². The molecule has 0 saturated heterocycles. The Kier molecular flexibility index (Phi) is 6.67. The second kappa shape index (κ2) is 7.78. The van der Waals surface area contributed by atoms with E-state index in [0.717, 1.165) is 12.8 Å². The lowest BCUT2D eigenvalue weighted by atomic mass is 9.88. The summed E-state index contributed by atoms with van der Waals surface area (Å²) in [5.74, 6) is 1.67. The van der Waals surface area contributed by atoms with Gasteiger partial charge in [-0.3, -0.25) is 4.79 Å². The highest BCUT2D eigenvalue weighted by Crippen LogP contribution is 2.22. The Morgan fingerprint density at radius 2 is 2.00 bits per heavy atom. The van der Waals surface area contributed by atoms with E-state index in [-0.39, 0.29) is 11.4 Å². The van der Waals surface area contributed by atoms with E-state index in [9.17, 15) is 4.79 Å². The van der Waals surface area contributed by atoms with Crippen LogP contribution in [0.25, 0.3) is 0 Å². The van der Waals surface area contributed by atoms with Crippen LogP contribution < -0.4 is 0 Å². The third kappa shape index (κ3) is 7.04. The zero-order valence-electron chi connectivity index (χ0n) is 13.7. The average molecular weight is 278 g/mol. The van der Waals surface area contributed by atoms with Crippen LogP contribution in [0.4, 0.5) is 0 Å². The van der Waals surface area contributed by atoms with E-state index in [1.54, 1.807) is 6.08 Å². The van der Waals surface area contributed by atoms with Crippen LogP contribution in [0.5, 0.6) is 0 Å². The van der Waals surface area contributed by atoms with Crippen LogP contribution in [0.15, 0.2) is 24.3 Å². The molecule has 1 aliphatic carbocycles. The molecule has 2 heteroatoms. The van der Waals surface area contributed by atoms with Gasteiger partial charge in [0.2, 0.25) is 0 Å². The number of rotatable bonds is 3. The van der Waals surface area contributed by atoms with Gasteiger partial charge in [0, 0.05) is 12.3 Å². The second-order valence-electron chi connectivity index (χ2n) is 7.12. The Bertz CT molecular complexity index is 358. The number of hydrogen-bond donors (Lipinski definition) is 0. The predicted molar refractivity (Wildman–Crippen MR) is 84.7 cm³/mol.